The van der Waals surface area contributed by atoms with E-state index in [1.807, 2.05) is 12.1 Å². The summed E-state index contributed by atoms with van der Waals surface area (Å²) >= 11 is 0. The molecule has 0 N–H and O–H groups in total. The summed E-state index contributed by atoms with van der Waals surface area (Å²) in [5.74, 6) is 1.53. The second-order valence-corrected chi connectivity index (χ2v) is 4.48. The molecule has 1 aliphatic rings. The lowest BCUT2D eigenvalue weighted by Crippen LogP contribution is -2.10. The van der Waals surface area contributed by atoms with Crippen LogP contribution in [0.15, 0.2) is 36.4 Å². The van der Waals surface area contributed by atoms with Crippen molar-refractivity contribution >= 4 is 11.4 Å². The highest BCUT2D eigenvalue weighted by Gasteiger charge is 2.21. The smallest absolute Gasteiger partial charge is 0.163 e. The molecule has 2 rings (SSSR count). The minimum atomic E-state index is 0.163. The first-order chi connectivity index (χ1) is 9.19. The van der Waals surface area contributed by atoms with E-state index < -0.39 is 0 Å². The van der Waals surface area contributed by atoms with Crippen LogP contribution in [0.3, 0.4) is 0 Å². The van der Waals surface area contributed by atoms with Gasteiger partial charge in [-0.25, -0.2) is 0 Å². The Labute approximate surface area is 113 Å². The van der Waals surface area contributed by atoms with Gasteiger partial charge in [-0.05, 0) is 36.1 Å². The molecule has 0 spiro atoms. The Morgan fingerprint density at radius 2 is 1.74 bits per heavy atom. The lowest BCUT2D eigenvalue weighted by Gasteiger charge is -2.18. The third-order valence-corrected chi connectivity index (χ3v) is 3.34. The van der Waals surface area contributed by atoms with Gasteiger partial charge < -0.3 is 9.47 Å². The molecule has 0 aliphatic heterocycles. The average Bonchev–Trinajstić information content (AvgIpc) is 2.46. The molecule has 0 radical (unpaired) electrons. The zero-order valence-electron chi connectivity index (χ0n) is 11.4. The zero-order valence-corrected chi connectivity index (χ0v) is 11.4. The average molecular weight is 258 g/mol. The molecule has 0 heterocycles. The normalized spacial score (nSPS) is 15.4. The van der Waals surface area contributed by atoms with E-state index in [-0.39, 0.29) is 5.78 Å². The summed E-state index contributed by atoms with van der Waals surface area (Å²) in [6.45, 7) is 3.81. The second-order valence-electron chi connectivity index (χ2n) is 4.48. The Balaban J connectivity index is 2.58. The summed E-state index contributed by atoms with van der Waals surface area (Å²) in [6.07, 6.45) is 4.15. The van der Waals surface area contributed by atoms with Gasteiger partial charge in [0.25, 0.3) is 0 Å². The van der Waals surface area contributed by atoms with Crippen LogP contribution in [0.5, 0.6) is 11.5 Å². The third-order valence-electron chi connectivity index (χ3n) is 3.34. The van der Waals surface area contributed by atoms with Crippen LogP contribution in [0.2, 0.25) is 0 Å². The van der Waals surface area contributed by atoms with E-state index in [2.05, 4.69) is 6.58 Å². The molecule has 19 heavy (non-hydrogen) atoms. The van der Waals surface area contributed by atoms with Gasteiger partial charge in [0, 0.05) is 18.1 Å². The second kappa shape index (κ2) is 5.74. The van der Waals surface area contributed by atoms with Crippen molar-refractivity contribution in [2.45, 2.75) is 19.3 Å². The molecular weight excluding hydrogens is 240 g/mol. The van der Waals surface area contributed by atoms with Crippen LogP contribution >= 0.6 is 0 Å². The van der Waals surface area contributed by atoms with Crippen LogP contribution in [0, 0.1) is 0 Å². The first kappa shape index (κ1) is 13.4. The number of rotatable bonds is 4. The topological polar surface area (TPSA) is 35.5 Å². The van der Waals surface area contributed by atoms with Crippen LogP contribution in [0.25, 0.3) is 5.57 Å². The van der Waals surface area contributed by atoms with E-state index in [0.29, 0.717) is 17.9 Å². The van der Waals surface area contributed by atoms with Crippen LogP contribution in [-0.4, -0.2) is 20.0 Å². The summed E-state index contributed by atoms with van der Waals surface area (Å²) in [5.41, 5.74) is 2.60. The lowest BCUT2D eigenvalue weighted by atomic mass is 9.86. The van der Waals surface area contributed by atoms with Crippen molar-refractivity contribution in [2.24, 2.45) is 0 Å². The largest absolute Gasteiger partial charge is 0.497 e. The molecule has 1 aromatic carbocycles. The van der Waals surface area contributed by atoms with Crippen LogP contribution in [0.4, 0.5) is 0 Å². The summed E-state index contributed by atoms with van der Waals surface area (Å²) in [5, 5.41) is 0. The standard InChI is InChI=1S/C16H18O3/c1-4-11-6-5-7-15(17)16(11)12-8-13(18-2)10-14(9-12)19-3/h4,8-10H,1,5-7H2,2-3H3. The van der Waals surface area contributed by atoms with Crippen LogP contribution in [-0.2, 0) is 4.79 Å². The Hall–Kier alpha value is -2.03. The molecule has 3 heteroatoms. The van der Waals surface area contributed by atoms with Gasteiger partial charge in [-0.1, -0.05) is 12.7 Å². The van der Waals surface area contributed by atoms with Crippen molar-refractivity contribution in [2.75, 3.05) is 14.2 Å². The van der Waals surface area contributed by atoms with Crippen LogP contribution in [0.1, 0.15) is 24.8 Å². The molecule has 0 saturated carbocycles. The fraction of sp³-hybridized carbons (Fsp3) is 0.312. The Morgan fingerprint density at radius 1 is 1.11 bits per heavy atom. The highest BCUT2D eigenvalue weighted by molar-refractivity contribution is 6.22. The molecule has 0 unspecified atom stereocenters. The van der Waals surface area contributed by atoms with Gasteiger partial charge in [0.05, 0.1) is 14.2 Å². The molecule has 0 amide bonds. The Bertz CT molecular complexity index is 519. The number of methoxy groups -OCH3 is 2. The molecule has 0 aromatic heterocycles. The zero-order chi connectivity index (χ0) is 13.8. The van der Waals surface area contributed by atoms with E-state index in [4.69, 9.17) is 9.47 Å². The molecule has 0 saturated heterocycles. The number of carbonyl (C=O) groups is 1. The number of allylic oxidation sites excluding steroid dienone is 3. The van der Waals surface area contributed by atoms with E-state index in [1.54, 1.807) is 26.4 Å². The molecule has 0 bridgehead atoms. The number of hydrogen-bond acceptors (Lipinski definition) is 3. The van der Waals surface area contributed by atoms with Gasteiger partial charge in [-0.3, -0.25) is 4.79 Å². The van der Waals surface area contributed by atoms with Gasteiger partial charge in [-0.15, -0.1) is 0 Å². The highest BCUT2D eigenvalue weighted by Crippen LogP contribution is 2.34. The highest BCUT2D eigenvalue weighted by atomic mass is 16.5. The van der Waals surface area contributed by atoms with E-state index in [0.717, 1.165) is 29.6 Å². The minimum Gasteiger partial charge on any atom is -0.497 e. The number of ketones is 1. The van der Waals surface area contributed by atoms with Crippen LogP contribution < -0.4 is 9.47 Å². The van der Waals surface area contributed by atoms with Gasteiger partial charge in [0.15, 0.2) is 5.78 Å². The maximum Gasteiger partial charge on any atom is 0.163 e. The van der Waals surface area contributed by atoms with E-state index in [9.17, 15) is 4.79 Å². The predicted octanol–water partition coefficient (Wildman–Crippen LogP) is 3.40. The Morgan fingerprint density at radius 3 is 2.26 bits per heavy atom. The SMILES string of the molecule is C=CC1=C(c2cc(OC)cc(OC)c2)C(=O)CCC1. The lowest BCUT2D eigenvalue weighted by molar-refractivity contribution is -0.114. The van der Waals surface area contributed by atoms with Crippen molar-refractivity contribution in [3.8, 4) is 11.5 Å². The molecule has 1 aromatic rings. The molecule has 1 aliphatic carbocycles. The number of ether oxygens (including phenoxy) is 2. The monoisotopic (exact) mass is 258 g/mol. The molecular formula is C16H18O3. The van der Waals surface area contributed by atoms with Gasteiger partial charge in [-0.2, -0.15) is 0 Å². The number of carbonyl (C=O) groups excluding carboxylic acids is 1. The maximum atomic E-state index is 12.2. The van der Waals surface area contributed by atoms with Crippen molar-refractivity contribution in [3.05, 3.63) is 42.0 Å². The molecule has 0 fully saturated rings. The first-order valence-corrected chi connectivity index (χ1v) is 6.31. The summed E-state index contributed by atoms with van der Waals surface area (Å²) in [6, 6.07) is 5.53. The fourth-order valence-electron chi connectivity index (χ4n) is 2.37. The van der Waals surface area contributed by atoms with E-state index >= 15 is 0 Å². The summed E-state index contributed by atoms with van der Waals surface area (Å²) in [7, 11) is 3.20. The number of hydrogen-bond donors (Lipinski definition) is 0. The predicted molar refractivity (Wildman–Crippen MR) is 75.5 cm³/mol. The minimum absolute atomic E-state index is 0.163. The van der Waals surface area contributed by atoms with Gasteiger partial charge >= 0.3 is 0 Å². The van der Waals surface area contributed by atoms with Crippen molar-refractivity contribution in [1.82, 2.24) is 0 Å². The number of Topliss-reactive ketones (excluding diaryl/α,β-unsaturated/α-hetero) is 1. The fourth-order valence-corrected chi connectivity index (χ4v) is 2.37. The number of benzene rings is 1. The van der Waals surface area contributed by atoms with Crippen molar-refractivity contribution in [3.63, 3.8) is 0 Å². The molecule has 3 nitrogen and oxygen atoms in total. The van der Waals surface area contributed by atoms with Crippen molar-refractivity contribution < 1.29 is 14.3 Å². The summed E-state index contributed by atoms with van der Waals surface area (Å²) < 4.78 is 10.5. The molecule has 0 atom stereocenters. The molecule has 100 valence electrons. The third kappa shape index (κ3) is 2.70. The Kier molecular flexibility index (Phi) is 4.05. The van der Waals surface area contributed by atoms with Gasteiger partial charge in [0.2, 0.25) is 0 Å². The van der Waals surface area contributed by atoms with Gasteiger partial charge in [0.1, 0.15) is 11.5 Å². The van der Waals surface area contributed by atoms with Crippen molar-refractivity contribution in [1.29, 1.82) is 0 Å². The summed E-state index contributed by atoms with van der Waals surface area (Å²) in [4.78, 5) is 12.2. The quantitative estimate of drug-likeness (QED) is 0.830. The maximum absolute atomic E-state index is 12.2. The first-order valence-electron chi connectivity index (χ1n) is 6.31. The van der Waals surface area contributed by atoms with E-state index in [1.165, 1.54) is 0 Å².